The maximum absolute atomic E-state index is 8.09. The highest BCUT2D eigenvalue weighted by Crippen LogP contribution is 2.15. The lowest BCUT2D eigenvalue weighted by Crippen LogP contribution is -2.13. The average molecular weight is 127 g/mol. The largest absolute Gasteiger partial charge is 0.0878 e. The average Bonchev–Trinajstić information content (AvgIpc) is 1.64. The Hall–Kier alpha value is -0.690. The Morgan fingerprint density at radius 1 is 1.56 bits per heavy atom. The third-order valence-corrected chi connectivity index (χ3v) is 1.18. The van der Waals surface area contributed by atoms with E-state index in [1.807, 2.05) is 13.8 Å². The Bertz CT molecular complexity index is 122. The predicted octanol–water partition coefficient (Wildman–Crippen LogP) is 2.88. The summed E-state index contributed by atoms with van der Waals surface area (Å²) in [4.78, 5) is 2.75. The Labute approximate surface area is 55.7 Å². The van der Waals surface area contributed by atoms with Crippen LogP contribution in [0.5, 0.6) is 0 Å². The van der Waals surface area contributed by atoms with Crippen molar-refractivity contribution < 1.29 is 0 Å². The Morgan fingerprint density at radius 3 is 2.44 bits per heavy atom. The zero-order valence-corrected chi connectivity index (χ0v) is 6.26. The number of nitrogens with zero attached hydrogens (tertiary/aromatic N) is 3. The Balaban J connectivity index is 3.85. The van der Waals surface area contributed by atoms with Crippen LogP contribution in [0.25, 0.3) is 10.4 Å². The summed E-state index contributed by atoms with van der Waals surface area (Å²) in [6.07, 6.45) is 2.02. The summed E-state index contributed by atoms with van der Waals surface area (Å²) in [6.45, 7) is 5.96. The van der Waals surface area contributed by atoms with Gasteiger partial charge in [0.15, 0.2) is 0 Å². The fourth-order valence-corrected chi connectivity index (χ4v) is 0.783. The molecule has 0 N–H and O–H groups in total. The van der Waals surface area contributed by atoms with Crippen LogP contribution in [0.3, 0.4) is 0 Å². The number of hydrogen-bond acceptors (Lipinski definition) is 1. The van der Waals surface area contributed by atoms with Gasteiger partial charge in [-0.3, -0.25) is 0 Å². The van der Waals surface area contributed by atoms with Gasteiger partial charge >= 0.3 is 0 Å². The van der Waals surface area contributed by atoms with Crippen LogP contribution in [0.2, 0.25) is 0 Å². The van der Waals surface area contributed by atoms with Crippen LogP contribution in [-0.4, -0.2) is 5.54 Å². The molecule has 0 aliphatic heterocycles. The smallest absolute Gasteiger partial charge is 0.0432 e. The van der Waals surface area contributed by atoms with E-state index in [1.54, 1.807) is 0 Å². The van der Waals surface area contributed by atoms with E-state index in [2.05, 4.69) is 16.9 Å². The van der Waals surface area contributed by atoms with Crippen molar-refractivity contribution in [1.82, 2.24) is 0 Å². The summed E-state index contributed by atoms with van der Waals surface area (Å²) in [6, 6.07) is 0. The Morgan fingerprint density at radius 2 is 2.11 bits per heavy atom. The van der Waals surface area contributed by atoms with E-state index in [0.29, 0.717) is 0 Å². The van der Waals surface area contributed by atoms with Crippen LogP contribution in [0.15, 0.2) is 5.11 Å². The topological polar surface area (TPSA) is 48.8 Å². The van der Waals surface area contributed by atoms with E-state index < -0.39 is 0 Å². The van der Waals surface area contributed by atoms with Crippen molar-refractivity contribution in [2.24, 2.45) is 5.11 Å². The summed E-state index contributed by atoms with van der Waals surface area (Å²) in [7, 11) is 0. The zero-order valence-electron chi connectivity index (χ0n) is 6.26. The van der Waals surface area contributed by atoms with E-state index in [9.17, 15) is 0 Å². The van der Waals surface area contributed by atoms with E-state index >= 15 is 0 Å². The van der Waals surface area contributed by atoms with E-state index in [1.165, 1.54) is 0 Å². The van der Waals surface area contributed by atoms with Gasteiger partial charge < -0.3 is 0 Å². The number of rotatable bonds is 3. The minimum Gasteiger partial charge on any atom is -0.0878 e. The monoisotopic (exact) mass is 127 g/mol. The summed E-state index contributed by atoms with van der Waals surface area (Å²) < 4.78 is 0. The van der Waals surface area contributed by atoms with Crippen LogP contribution < -0.4 is 0 Å². The second-order valence-corrected chi connectivity index (χ2v) is 2.75. The van der Waals surface area contributed by atoms with Crippen molar-refractivity contribution in [3.8, 4) is 0 Å². The molecule has 0 aromatic carbocycles. The first-order valence-electron chi connectivity index (χ1n) is 3.18. The molecule has 0 aliphatic rings. The summed E-state index contributed by atoms with van der Waals surface area (Å²) in [5, 5.41) is 3.63. The lowest BCUT2D eigenvalue weighted by atomic mass is 10.0. The molecule has 0 saturated carbocycles. The normalized spacial score (nSPS) is 10.6. The van der Waals surface area contributed by atoms with Gasteiger partial charge in [0.2, 0.25) is 0 Å². The van der Waals surface area contributed by atoms with E-state index in [0.717, 1.165) is 12.8 Å². The van der Waals surface area contributed by atoms with Gasteiger partial charge in [-0.1, -0.05) is 32.3 Å². The van der Waals surface area contributed by atoms with Crippen LogP contribution in [0.1, 0.15) is 33.6 Å². The summed E-state index contributed by atoms with van der Waals surface area (Å²) in [5.74, 6) is 0. The van der Waals surface area contributed by atoms with Gasteiger partial charge in [0.1, 0.15) is 0 Å². The first kappa shape index (κ1) is 8.31. The highest BCUT2D eigenvalue weighted by molar-refractivity contribution is 4.76. The molecule has 9 heavy (non-hydrogen) atoms. The third-order valence-electron chi connectivity index (χ3n) is 1.18. The molecule has 3 nitrogen and oxygen atoms in total. The molecular formula is C6H13N3. The number of azide groups is 1. The minimum absolute atomic E-state index is 0.191. The lowest BCUT2D eigenvalue weighted by Gasteiger charge is -2.14. The molecule has 0 radical (unpaired) electrons. The van der Waals surface area contributed by atoms with Gasteiger partial charge in [0.25, 0.3) is 0 Å². The van der Waals surface area contributed by atoms with Gasteiger partial charge in [-0.05, 0) is 12.0 Å². The highest BCUT2D eigenvalue weighted by Gasteiger charge is 2.12. The first-order chi connectivity index (χ1) is 4.12. The molecule has 0 heterocycles. The van der Waals surface area contributed by atoms with Crippen molar-refractivity contribution in [2.75, 3.05) is 0 Å². The van der Waals surface area contributed by atoms with Gasteiger partial charge in [0.05, 0.1) is 0 Å². The van der Waals surface area contributed by atoms with Crippen LogP contribution in [0, 0.1) is 0 Å². The van der Waals surface area contributed by atoms with Crippen molar-refractivity contribution >= 4 is 0 Å². The highest BCUT2D eigenvalue weighted by atomic mass is 15.2. The SMILES string of the molecule is CCCC(C)(C)N=[N+]=[N-]. The molecule has 0 aromatic heterocycles. The molecule has 0 unspecified atom stereocenters. The zero-order chi connectivity index (χ0) is 7.33. The molecule has 0 aliphatic carbocycles. The molecule has 0 rings (SSSR count). The molecule has 0 saturated heterocycles. The van der Waals surface area contributed by atoms with E-state index in [4.69, 9.17) is 5.53 Å². The van der Waals surface area contributed by atoms with Crippen molar-refractivity contribution in [3.63, 3.8) is 0 Å². The molecule has 0 aromatic rings. The summed E-state index contributed by atoms with van der Waals surface area (Å²) in [5.41, 5.74) is 7.90. The quantitative estimate of drug-likeness (QED) is 0.318. The second kappa shape index (κ2) is 3.36. The molecule has 0 amide bonds. The fraction of sp³-hybridized carbons (Fsp3) is 1.00. The standard InChI is InChI=1S/C6H13N3/c1-4-5-6(2,3)8-9-7/h4-5H2,1-3H3. The molecule has 0 bridgehead atoms. The lowest BCUT2D eigenvalue weighted by molar-refractivity contribution is 0.468. The molecular weight excluding hydrogens is 114 g/mol. The maximum Gasteiger partial charge on any atom is 0.0432 e. The number of hydrogen-bond donors (Lipinski definition) is 0. The van der Waals surface area contributed by atoms with Crippen LogP contribution in [0.4, 0.5) is 0 Å². The first-order valence-corrected chi connectivity index (χ1v) is 3.18. The van der Waals surface area contributed by atoms with Crippen LogP contribution in [-0.2, 0) is 0 Å². The van der Waals surface area contributed by atoms with Crippen LogP contribution >= 0.6 is 0 Å². The van der Waals surface area contributed by atoms with Gasteiger partial charge in [-0.2, -0.15) is 0 Å². The second-order valence-electron chi connectivity index (χ2n) is 2.75. The predicted molar refractivity (Wildman–Crippen MR) is 38.1 cm³/mol. The molecule has 52 valence electrons. The molecule has 0 fully saturated rings. The molecule has 0 spiro atoms. The fourth-order valence-electron chi connectivity index (χ4n) is 0.783. The maximum atomic E-state index is 8.09. The Kier molecular flexibility index (Phi) is 3.10. The molecule has 0 atom stereocenters. The van der Waals surface area contributed by atoms with Crippen molar-refractivity contribution in [1.29, 1.82) is 0 Å². The summed E-state index contributed by atoms with van der Waals surface area (Å²) >= 11 is 0. The minimum atomic E-state index is -0.191. The third kappa shape index (κ3) is 3.86. The van der Waals surface area contributed by atoms with Crippen molar-refractivity contribution in [2.45, 2.75) is 39.2 Å². The van der Waals surface area contributed by atoms with Crippen molar-refractivity contribution in [3.05, 3.63) is 10.4 Å². The molecule has 3 heteroatoms. The van der Waals surface area contributed by atoms with Gasteiger partial charge in [-0.25, -0.2) is 0 Å². The van der Waals surface area contributed by atoms with Gasteiger partial charge in [0, 0.05) is 10.5 Å². The van der Waals surface area contributed by atoms with Gasteiger partial charge in [-0.15, -0.1) is 0 Å². The van der Waals surface area contributed by atoms with E-state index in [-0.39, 0.29) is 5.54 Å².